The van der Waals surface area contributed by atoms with E-state index in [4.69, 9.17) is 9.31 Å². The Morgan fingerprint density at radius 1 is 0.967 bits per heavy atom. The standard InChI is InChI=1S/C21H24BNO5S.CH4/c1-14-6-8-15(9-7-14)13-23-19(24)17-11-10-16(12-18(17)29(23,25)26)22-27-20(2,3)21(4,5)28-22;/h6-12H,13H2,1-5H3;1H4. The molecule has 2 aliphatic heterocycles. The van der Waals surface area contributed by atoms with E-state index >= 15 is 0 Å². The molecule has 2 aromatic carbocycles. The molecular weight excluding hydrogens is 401 g/mol. The van der Waals surface area contributed by atoms with Gasteiger partial charge in [-0.15, -0.1) is 0 Å². The quantitative estimate of drug-likeness (QED) is 0.701. The maximum atomic E-state index is 13.1. The van der Waals surface area contributed by atoms with Crippen molar-refractivity contribution in [2.75, 3.05) is 0 Å². The first-order valence-corrected chi connectivity index (χ1v) is 11.0. The van der Waals surface area contributed by atoms with Crippen molar-refractivity contribution in [1.82, 2.24) is 4.31 Å². The van der Waals surface area contributed by atoms with Gasteiger partial charge in [0.2, 0.25) is 0 Å². The number of benzene rings is 2. The normalized spacial score (nSPS) is 20.8. The molecule has 1 amide bonds. The molecule has 4 rings (SSSR count). The van der Waals surface area contributed by atoms with Crippen LogP contribution in [0, 0.1) is 6.92 Å². The van der Waals surface area contributed by atoms with Crippen molar-refractivity contribution in [3.63, 3.8) is 0 Å². The van der Waals surface area contributed by atoms with E-state index in [1.807, 2.05) is 58.9 Å². The average Bonchev–Trinajstić information content (AvgIpc) is 2.97. The summed E-state index contributed by atoms with van der Waals surface area (Å²) in [5, 5.41) is 0. The molecule has 1 fully saturated rings. The minimum atomic E-state index is -3.94. The lowest BCUT2D eigenvalue weighted by atomic mass is 9.79. The minimum Gasteiger partial charge on any atom is -0.399 e. The number of carbonyl (C=O) groups is 1. The van der Waals surface area contributed by atoms with Crippen LogP contribution in [0.5, 0.6) is 0 Å². The summed E-state index contributed by atoms with van der Waals surface area (Å²) in [6.45, 7) is 9.69. The van der Waals surface area contributed by atoms with Gasteiger partial charge in [0.15, 0.2) is 0 Å². The third-order valence-corrected chi connectivity index (χ3v) is 7.77. The second kappa shape index (κ2) is 7.22. The van der Waals surface area contributed by atoms with E-state index in [0.29, 0.717) is 5.46 Å². The molecule has 0 aliphatic carbocycles. The zero-order valence-electron chi connectivity index (χ0n) is 17.2. The van der Waals surface area contributed by atoms with Crippen molar-refractivity contribution in [2.45, 2.75) is 64.7 Å². The molecule has 8 heteroatoms. The highest BCUT2D eigenvalue weighted by Gasteiger charge is 2.52. The van der Waals surface area contributed by atoms with Gasteiger partial charge in [0.1, 0.15) is 4.90 Å². The molecule has 0 N–H and O–H groups in total. The molecule has 0 saturated carbocycles. The summed E-state index contributed by atoms with van der Waals surface area (Å²) in [5.41, 5.74) is 1.51. The smallest absolute Gasteiger partial charge is 0.399 e. The third-order valence-electron chi connectivity index (χ3n) is 6.00. The predicted octanol–water partition coefficient (Wildman–Crippen LogP) is 3.28. The third kappa shape index (κ3) is 3.47. The lowest BCUT2D eigenvalue weighted by Crippen LogP contribution is -2.41. The Bertz CT molecular complexity index is 1080. The van der Waals surface area contributed by atoms with Gasteiger partial charge in [0, 0.05) is 0 Å². The van der Waals surface area contributed by atoms with Crippen molar-refractivity contribution in [2.24, 2.45) is 0 Å². The van der Waals surface area contributed by atoms with Crippen LogP contribution in [0.25, 0.3) is 0 Å². The SMILES string of the molecule is C.Cc1ccc(CN2C(=O)c3ccc(B4OC(C)(C)C(C)(C)O4)cc3S2(=O)=O)cc1. The minimum absolute atomic E-state index is 0. The first-order chi connectivity index (χ1) is 13.4. The fraction of sp³-hybridized carbons (Fsp3) is 0.409. The Hall–Kier alpha value is -2.16. The molecule has 1 saturated heterocycles. The van der Waals surface area contributed by atoms with Gasteiger partial charge < -0.3 is 9.31 Å². The van der Waals surface area contributed by atoms with Gasteiger partial charge in [-0.2, -0.15) is 0 Å². The summed E-state index contributed by atoms with van der Waals surface area (Å²) in [6.07, 6.45) is 0. The van der Waals surface area contributed by atoms with Crippen molar-refractivity contribution >= 4 is 28.5 Å². The number of aryl methyl sites for hydroxylation is 1. The monoisotopic (exact) mass is 429 g/mol. The summed E-state index contributed by atoms with van der Waals surface area (Å²) in [6, 6.07) is 12.2. The first-order valence-electron chi connectivity index (χ1n) is 9.55. The highest BCUT2D eigenvalue weighted by Crippen LogP contribution is 2.37. The highest BCUT2D eigenvalue weighted by molar-refractivity contribution is 7.90. The molecule has 2 heterocycles. The number of nitrogens with zero attached hydrogens (tertiary/aromatic N) is 1. The van der Waals surface area contributed by atoms with E-state index in [1.54, 1.807) is 12.1 Å². The van der Waals surface area contributed by atoms with Crippen molar-refractivity contribution in [1.29, 1.82) is 0 Å². The number of sulfonamides is 1. The van der Waals surface area contributed by atoms with Crippen LogP contribution in [0.2, 0.25) is 0 Å². The summed E-state index contributed by atoms with van der Waals surface area (Å²) < 4.78 is 39.2. The fourth-order valence-corrected chi connectivity index (χ4v) is 5.02. The number of amides is 1. The second-order valence-electron chi connectivity index (χ2n) is 8.65. The molecular formula is C22H28BNO5S. The molecule has 0 radical (unpaired) electrons. The van der Waals surface area contributed by atoms with Crippen LogP contribution in [-0.4, -0.2) is 37.0 Å². The molecule has 2 aromatic rings. The molecule has 6 nitrogen and oxygen atoms in total. The molecule has 0 unspecified atom stereocenters. The maximum absolute atomic E-state index is 13.1. The fourth-order valence-electron chi connectivity index (χ4n) is 3.43. The van der Waals surface area contributed by atoms with Gasteiger partial charge in [-0.1, -0.05) is 43.3 Å². The number of hydrogen-bond acceptors (Lipinski definition) is 5. The molecule has 160 valence electrons. The molecule has 0 aromatic heterocycles. The Morgan fingerprint density at radius 3 is 2.10 bits per heavy atom. The first kappa shape index (κ1) is 22.5. The molecule has 0 bridgehead atoms. The van der Waals surface area contributed by atoms with E-state index < -0.39 is 34.3 Å². The van der Waals surface area contributed by atoms with Gasteiger partial charge in [-0.3, -0.25) is 4.79 Å². The topological polar surface area (TPSA) is 72.9 Å². The van der Waals surface area contributed by atoms with Gasteiger partial charge >= 0.3 is 7.12 Å². The van der Waals surface area contributed by atoms with Crippen molar-refractivity contribution in [3.05, 3.63) is 59.2 Å². The Labute approximate surface area is 179 Å². The van der Waals surface area contributed by atoms with Gasteiger partial charge in [0.25, 0.3) is 15.9 Å². The lowest BCUT2D eigenvalue weighted by Gasteiger charge is -2.32. The van der Waals surface area contributed by atoms with Crippen LogP contribution < -0.4 is 5.46 Å². The van der Waals surface area contributed by atoms with Crippen molar-refractivity contribution in [3.8, 4) is 0 Å². The van der Waals surface area contributed by atoms with Crippen LogP contribution in [0.4, 0.5) is 0 Å². The van der Waals surface area contributed by atoms with E-state index in [-0.39, 0.29) is 24.4 Å². The van der Waals surface area contributed by atoms with E-state index in [1.165, 1.54) is 6.07 Å². The molecule has 0 atom stereocenters. The number of fused-ring (bicyclic) bond motifs is 1. The van der Waals surface area contributed by atoms with Crippen LogP contribution >= 0.6 is 0 Å². The summed E-state index contributed by atoms with van der Waals surface area (Å²) in [7, 11) is -4.63. The zero-order chi connectivity index (χ0) is 21.2. The van der Waals surface area contributed by atoms with Crippen LogP contribution in [0.15, 0.2) is 47.4 Å². The Balaban J connectivity index is 0.00000256. The molecule has 0 spiro atoms. The van der Waals surface area contributed by atoms with Gasteiger partial charge in [-0.05, 0) is 57.8 Å². The van der Waals surface area contributed by atoms with Crippen LogP contribution in [0.1, 0.15) is 56.6 Å². The van der Waals surface area contributed by atoms with Crippen molar-refractivity contribution < 1.29 is 22.5 Å². The summed E-state index contributed by atoms with van der Waals surface area (Å²) in [4.78, 5) is 12.8. The number of hydrogen-bond donors (Lipinski definition) is 0. The van der Waals surface area contributed by atoms with Crippen LogP contribution in [-0.2, 0) is 25.9 Å². The van der Waals surface area contributed by atoms with Crippen LogP contribution in [0.3, 0.4) is 0 Å². The predicted molar refractivity (Wildman–Crippen MR) is 117 cm³/mol. The second-order valence-corrected chi connectivity index (χ2v) is 10.5. The van der Waals surface area contributed by atoms with E-state index in [2.05, 4.69) is 0 Å². The summed E-state index contributed by atoms with van der Waals surface area (Å²) in [5.74, 6) is -0.513. The maximum Gasteiger partial charge on any atom is 0.494 e. The Morgan fingerprint density at radius 2 is 1.53 bits per heavy atom. The van der Waals surface area contributed by atoms with E-state index in [9.17, 15) is 13.2 Å². The molecule has 30 heavy (non-hydrogen) atoms. The van der Waals surface area contributed by atoms with Gasteiger partial charge in [-0.25, -0.2) is 12.7 Å². The summed E-state index contributed by atoms with van der Waals surface area (Å²) >= 11 is 0. The highest BCUT2D eigenvalue weighted by atomic mass is 32.2. The molecule has 2 aliphatic rings. The van der Waals surface area contributed by atoms with Gasteiger partial charge in [0.05, 0.1) is 23.3 Å². The Kier molecular flexibility index (Phi) is 5.42. The largest absolute Gasteiger partial charge is 0.494 e. The van der Waals surface area contributed by atoms with E-state index in [0.717, 1.165) is 15.4 Å². The average molecular weight is 429 g/mol. The lowest BCUT2D eigenvalue weighted by molar-refractivity contribution is 0.00578. The zero-order valence-corrected chi connectivity index (χ0v) is 18.0. The number of carbonyl (C=O) groups excluding carboxylic acids is 1. The number of rotatable bonds is 3.